The summed E-state index contributed by atoms with van der Waals surface area (Å²) in [5.74, 6) is 0. The van der Waals surface area contributed by atoms with Gasteiger partial charge in [-0.05, 0) is 24.8 Å². The Balaban J connectivity index is 2.28. The predicted octanol–water partition coefficient (Wildman–Crippen LogP) is 2.69. The van der Waals surface area contributed by atoms with Crippen LogP contribution in [0.5, 0.6) is 0 Å². The molecule has 2 unspecified atom stereocenters. The topological polar surface area (TPSA) is 53.2 Å². The first-order valence-electron chi connectivity index (χ1n) is 6.91. The lowest BCUT2D eigenvalue weighted by Crippen LogP contribution is -2.53. The Morgan fingerprint density at radius 3 is 2.68 bits per heavy atom. The van der Waals surface area contributed by atoms with Crippen molar-refractivity contribution in [1.82, 2.24) is 0 Å². The molecule has 1 N–H and O–H groups in total. The quantitative estimate of drug-likeness (QED) is 0.904. The number of ether oxygens (including phenoxy) is 1. The number of rotatable bonds is 4. The van der Waals surface area contributed by atoms with Gasteiger partial charge in [-0.2, -0.15) is 5.26 Å². The molecule has 0 aliphatic carbocycles. The summed E-state index contributed by atoms with van der Waals surface area (Å²) < 4.78 is 5.48. The molecule has 19 heavy (non-hydrogen) atoms. The van der Waals surface area contributed by atoms with Gasteiger partial charge in [-0.3, -0.25) is 0 Å². The normalized spacial score (nSPS) is 26.4. The van der Waals surface area contributed by atoms with E-state index in [1.54, 1.807) is 0 Å². The van der Waals surface area contributed by atoms with Crippen molar-refractivity contribution in [2.45, 2.75) is 38.2 Å². The van der Waals surface area contributed by atoms with Crippen LogP contribution in [0.2, 0.25) is 0 Å². The van der Waals surface area contributed by atoms with Crippen LogP contribution in [-0.2, 0) is 11.2 Å². The zero-order valence-electron chi connectivity index (χ0n) is 11.4. The highest BCUT2D eigenvalue weighted by atomic mass is 16.5. The van der Waals surface area contributed by atoms with E-state index in [2.05, 4.69) is 6.07 Å². The van der Waals surface area contributed by atoms with Crippen molar-refractivity contribution < 1.29 is 9.84 Å². The third-order valence-corrected chi connectivity index (χ3v) is 4.27. The summed E-state index contributed by atoms with van der Waals surface area (Å²) in [6.07, 6.45) is 2.60. The van der Waals surface area contributed by atoms with Crippen LogP contribution in [0.3, 0.4) is 0 Å². The standard InChI is InChI=1S/C16H21NO2/c1-2-16(18,11-14-7-4-3-5-8-14)15(12-17)9-6-10-19-13-15/h3-5,7-8,18H,2,6,9-11,13H2,1H3. The number of hydrogen-bond donors (Lipinski definition) is 1. The molecule has 2 atom stereocenters. The zero-order chi connectivity index (χ0) is 13.8. The third-order valence-electron chi connectivity index (χ3n) is 4.27. The van der Waals surface area contributed by atoms with E-state index in [0.29, 0.717) is 32.5 Å². The fraction of sp³-hybridized carbons (Fsp3) is 0.562. The maximum Gasteiger partial charge on any atom is 0.110 e. The molecule has 1 saturated heterocycles. The Hall–Kier alpha value is -1.37. The summed E-state index contributed by atoms with van der Waals surface area (Å²) in [5.41, 5.74) is -0.744. The molecule has 1 fully saturated rings. The highest BCUT2D eigenvalue weighted by Crippen LogP contribution is 2.42. The molecule has 1 aromatic rings. The summed E-state index contributed by atoms with van der Waals surface area (Å²) in [5, 5.41) is 20.6. The molecule has 3 heteroatoms. The van der Waals surface area contributed by atoms with E-state index in [9.17, 15) is 10.4 Å². The minimum atomic E-state index is -1.02. The first kappa shape index (κ1) is 14.0. The molecule has 102 valence electrons. The SMILES string of the molecule is CCC(O)(Cc1ccccc1)C1(C#N)CCCOC1. The maximum atomic E-state index is 11.0. The molecule has 0 bridgehead atoms. The number of aliphatic hydroxyl groups is 1. The van der Waals surface area contributed by atoms with Gasteiger partial charge in [0.1, 0.15) is 5.41 Å². The van der Waals surface area contributed by atoms with Crippen molar-refractivity contribution in [3.05, 3.63) is 35.9 Å². The molecule has 0 amide bonds. The lowest BCUT2D eigenvalue weighted by molar-refractivity contribution is -0.120. The van der Waals surface area contributed by atoms with E-state index in [0.717, 1.165) is 12.0 Å². The first-order chi connectivity index (χ1) is 9.16. The van der Waals surface area contributed by atoms with Gasteiger partial charge in [0.2, 0.25) is 0 Å². The minimum Gasteiger partial charge on any atom is -0.388 e. The molecular weight excluding hydrogens is 238 g/mol. The molecule has 0 saturated carbocycles. The second-order valence-corrected chi connectivity index (χ2v) is 5.40. The van der Waals surface area contributed by atoms with Gasteiger partial charge in [0.15, 0.2) is 0 Å². The largest absolute Gasteiger partial charge is 0.388 e. The summed E-state index contributed by atoms with van der Waals surface area (Å²) in [4.78, 5) is 0. The predicted molar refractivity (Wildman–Crippen MR) is 73.5 cm³/mol. The van der Waals surface area contributed by atoms with Crippen molar-refractivity contribution in [3.63, 3.8) is 0 Å². The highest BCUT2D eigenvalue weighted by Gasteiger charge is 2.50. The molecule has 0 spiro atoms. The van der Waals surface area contributed by atoms with Crippen molar-refractivity contribution >= 4 is 0 Å². The molecular formula is C16H21NO2. The van der Waals surface area contributed by atoms with Gasteiger partial charge >= 0.3 is 0 Å². The summed E-state index contributed by atoms with van der Waals surface area (Å²) in [6, 6.07) is 12.2. The molecule has 1 aromatic carbocycles. The van der Waals surface area contributed by atoms with Crippen LogP contribution in [0.4, 0.5) is 0 Å². The maximum absolute atomic E-state index is 11.0. The van der Waals surface area contributed by atoms with Gasteiger partial charge in [-0.25, -0.2) is 0 Å². The van der Waals surface area contributed by atoms with E-state index >= 15 is 0 Å². The molecule has 0 radical (unpaired) electrons. The Bertz CT molecular complexity index is 446. The molecule has 1 aliphatic heterocycles. The first-order valence-corrected chi connectivity index (χ1v) is 6.91. The van der Waals surface area contributed by atoms with Crippen molar-refractivity contribution in [1.29, 1.82) is 5.26 Å². The van der Waals surface area contributed by atoms with E-state index in [-0.39, 0.29) is 0 Å². The van der Waals surface area contributed by atoms with Gasteiger partial charge in [-0.1, -0.05) is 37.3 Å². The average molecular weight is 259 g/mol. The molecule has 1 heterocycles. The van der Waals surface area contributed by atoms with Gasteiger partial charge in [0.05, 0.1) is 18.3 Å². The lowest BCUT2D eigenvalue weighted by atomic mass is 9.66. The lowest BCUT2D eigenvalue weighted by Gasteiger charge is -2.44. The van der Waals surface area contributed by atoms with Crippen LogP contribution < -0.4 is 0 Å². The minimum absolute atomic E-state index is 0.334. The molecule has 3 nitrogen and oxygen atoms in total. The van der Waals surface area contributed by atoms with Gasteiger partial charge in [0, 0.05) is 13.0 Å². The second kappa shape index (κ2) is 5.73. The van der Waals surface area contributed by atoms with Crippen LogP contribution in [0.15, 0.2) is 30.3 Å². The number of nitrogens with zero attached hydrogens (tertiary/aromatic N) is 1. The molecule has 2 rings (SSSR count). The van der Waals surface area contributed by atoms with Crippen LogP contribution in [0.1, 0.15) is 31.7 Å². The fourth-order valence-electron chi connectivity index (χ4n) is 2.92. The summed E-state index contributed by atoms with van der Waals surface area (Å²) in [6.45, 7) is 2.96. The van der Waals surface area contributed by atoms with Crippen molar-refractivity contribution in [2.24, 2.45) is 5.41 Å². The van der Waals surface area contributed by atoms with Crippen LogP contribution >= 0.6 is 0 Å². The Labute approximate surface area is 114 Å². The van der Waals surface area contributed by atoms with Crippen LogP contribution in [0.25, 0.3) is 0 Å². The highest BCUT2D eigenvalue weighted by molar-refractivity contribution is 5.22. The van der Waals surface area contributed by atoms with Crippen LogP contribution in [0, 0.1) is 16.7 Å². The summed E-state index contributed by atoms with van der Waals surface area (Å²) in [7, 11) is 0. The number of hydrogen-bond acceptors (Lipinski definition) is 3. The monoisotopic (exact) mass is 259 g/mol. The Morgan fingerprint density at radius 2 is 2.16 bits per heavy atom. The van der Waals surface area contributed by atoms with E-state index in [1.807, 2.05) is 37.3 Å². The third kappa shape index (κ3) is 2.65. The number of benzene rings is 1. The summed E-state index contributed by atoms with van der Waals surface area (Å²) >= 11 is 0. The average Bonchev–Trinajstić information content (AvgIpc) is 2.48. The van der Waals surface area contributed by atoms with Crippen molar-refractivity contribution in [2.75, 3.05) is 13.2 Å². The number of nitriles is 1. The van der Waals surface area contributed by atoms with E-state index < -0.39 is 11.0 Å². The van der Waals surface area contributed by atoms with Gasteiger partial charge in [-0.15, -0.1) is 0 Å². The van der Waals surface area contributed by atoms with Crippen LogP contribution in [-0.4, -0.2) is 23.9 Å². The van der Waals surface area contributed by atoms with E-state index in [4.69, 9.17) is 4.74 Å². The van der Waals surface area contributed by atoms with Gasteiger partial charge in [0.25, 0.3) is 0 Å². The van der Waals surface area contributed by atoms with Gasteiger partial charge < -0.3 is 9.84 Å². The smallest absolute Gasteiger partial charge is 0.110 e. The Morgan fingerprint density at radius 1 is 1.42 bits per heavy atom. The molecule has 1 aliphatic rings. The molecule has 0 aromatic heterocycles. The fourth-order valence-corrected chi connectivity index (χ4v) is 2.92. The zero-order valence-corrected chi connectivity index (χ0v) is 11.4. The van der Waals surface area contributed by atoms with E-state index in [1.165, 1.54) is 0 Å². The second-order valence-electron chi connectivity index (χ2n) is 5.40. The van der Waals surface area contributed by atoms with Crippen molar-refractivity contribution in [3.8, 4) is 6.07 Å². The Kier molecular flexibility index (Phi) is 4.24.